The zero-order valence-electron chi connectivity index (χ0n) is 15.5. The van der Waals surface area contributed by atoms with Crippen molar-refractivity contribution in [3.05, 3.63) is 75.5 Å². The van der Waals surface area contributed by atoms with Gasteiger partial charge < -0.3 is 15.0 Å². The molecule has 0 radical (unpaired) electrons. The van der Waals surface area contributed by atoms with Gasteiger partial charge in [-0.2, -0.15) is 0 Å². The molecule has 0 fully saturated rings. The van der Waals surface area contributed by atoms with Crippen LogP contribution in [-0.2, 0) is 13.0 Å². The minimum absolute atomic E-state index is 0.131. The first-order valence-electron chi connectivity index (χ1n) is 9.01. The minimum atomic E-state index is -0.131. The summed E-state index contributed by atoms with van der Waals surface area (Å²) in [7, 11) is 1.62. The molecule has 1 aromatic heterocycles. The van der Waals surface area contributed by atoms with Gasteiger partial charge in [0.2, 0.25) is 0 Å². The molecule has 27 heavy (non-hydrogen) atoms. The van der Waals surface area contributed by atoms with Gasteiger partial charge in [-0.25, -0.2) is 0 Å². The SMILES string of the molecule is COc1cc(C(=O)Nc2ccccc2N2CCc3sccc3C2)ccc1C. The normalized spacial score (nSPS) is 13.2. The summed E-state index contributed by atoms with van der Waals surface area (Å²) >= 11 is 1.83. The number of carbonyl (C=O) groups excluding carboxylic acids is 1. The van der Waals surface area contributed by atoms with Crippen molar-refractivity contribution in [3.8, 4) is 5.75 Å². The highest BCUT2D eigenvalue weighted by molar-refractivity contribution is 7.10. The lowest BCUT2D eigenvalue weighted by Gasteiger charge is -2.30. The Morgan fingerprint density at radius 3 is 2.89 bits per heavy atom. The van der Waals surface area contributed by atoms with Crippen molar-refractivity contribution in [3.63, 3.8) is 0 Å². The smallest absolute Gasteiger partial charge is 0.255 e. The summed E-state index contributed by atoms with van der Waals surface area (Å²) in [4.78, 5) is 16.6. The fourth-order valence-corrected chi connectivity index (χ4v) is 4.35. The van der Waals surface area contributed by atoms with E-state index in [1.54, 1.807) is 13.2 Å². The number of para-hydroxylation sites is 2. The summed E-state index contributed by atoms with van der Waals surface area (Å²) in [6.45, 7) is 3.80. The van der Waals surface area contributed by atoms with Crippen LogP contribution in [-0.4, -0.2) is 19.6 Å². The minimum Gasteiger partial charge on any atom is -0.496 e. The Balaban J connectivity index is 1.58. The van der Waals surface area contributed by atoms with Crippen molar-refractivity contribution < 1.29 is 9.53 Å². The van der Waals surface area contributed by atoms with Crippen molar-refractivity contribution in [1.29, 1.82) is 0 Å². The fraction of sp³-hybridized carbons (Fsp3) is 0.227. The number of ether oxygens (including phenoxy) is 1. The van der Waals surface area contributed by atoms with E-state index in [0.29, 0.717) is 5.56 Å². The van der Waals surface area contributed by atoms with Crippen LogP contribution in [0.15, 0.2) is 53.9 Å². The predicted octanol–water partition coefficient (Wildman–Crippen LogP) is 4.88. The number of rotatable bonds is 4. The van der Waals surface area contributed by atoms with Gasteiger partial charge in [0.05, 0.1) is 18.5 Å². The highest BCUT2D eigenvalue weighted by Gasteiger charge is 2.20. The highest BCUT2D eigenvalue weighted by atomic mass is 32.1. The summed E-state index contributed by atoms with van der Waals surface area (Å²) in [6, 6.07) is 15.7. The van der Waals surface area contributed by atoms with Crippen molar-refractivity contribution in [2.45, 2.75) is 19.9 Å². The topological polar surface area (TPSA) is 41.6 Å². The van der Waals surface area contributed by atoms with E-state index in [1.165, 1.54) is 10.4 Å². The summed E-state index contributed by atoms with van der Waals surface area (Å²) in [5.41, 5.74) is 4.87. The van der Waals surface area contributed by atoms with E-state index in [9.17, 15) is 4.79 Å². The quantitative estimate of drug-likeness (QED) is 0.703. The number of nitrogens with one attached hydrogen (secondary N) is 1. The van der Waals surface area contributed by atoms with Crippen molar-refractivity contribution >= 4 is 28.6 Å². The molecule has 3 aromatic rings. The molecule has 5 heteroatoms. The molecular weight excluding hydrogens is 356 g/mol. The maximum atomic E-state index is 12.8. The average Bonchev–Trinajstić information content (AvgIpc) is 3.16. The van der Waals surface area contributed by atoms with E-state index in [4.69, 9.17) is 4.74 Å². The van der Waals surface area contributed by atoms with Gasteiger partial charge in [-0.1, -0.05) is 18.2 Å². The van der Waals surface area contributed by atoms with Gasteiger partial charge in [-0.05, 0) is 60.2 Å². The summed E-state index contributed by atoms with van der Waals surface area (Å²) in [6.07, 6.45) is 1.05. The molecule has 1 aliphatic rings. The van der Waals surface area contributed by atoms with Crippen LogP contribution >= 0.6 is 11.3 Å². The highest BCUT2D eigenvalue weighted by Crippen LogP contribution is 2.32. The van der Waals surface area contributed by atoms with Gasteiger partial charge in [-0.3, -0.25) is 4.79 Å². The number of anilines is 2. The molecule has 138 valence electrons. The third-order valence-corrected chi connectivity index (χ3v) is 5.99. The van der Waals surface area contributed by atoms with E-state index >= 15 is 0 Å². The zero-order valence-corrected chi connectivity index (χ0v) is 16.3. The standard InChI is InChI=1S/C22H22N2O2S/c1-15-7-8-16(13-20(15)26-2)22(25)23-18-5-3-4-6-19(18)24-11-9-21-17(14-24)10-12-27-21/h3-8,10,12-13H,9,11,14H2,1-2H3,(H,23,25). The molecule has 2 heterocycles. The van der Waals surface area contributed by atoms with Crippen LogP contribution in [0.5, 0.6) is 5.75 Å². The van der Waals surface area contributed by atoms with Gasteiger partial charge in [0.25, 0.3) is 5.91 Å². The maximum absolute atomic E-state index is 12.8. The monoisotopic (exact) mass is 378 g/mol. The lowest BCUT2D eigenvalue weighted by Crippen LogP contribution is -2.30. The average molecular weight is 378 g/mol. The van der Waals surface area contributed by atoms with Crippen LogP contribution < -0.4 is 15.0 Å². The number of carbonyl (C=O) groups is 1. The molecule has 0 aliphatic carbocycles. The molecule has 2 aromatic carbocycles. The summed E-state index contributed by atoms with van der Waals surface area (Å²) < 4.78 is 5.34. The van der Waals surface area contributed by atoms with Crippen molar-refractivity contribution in [2.24, 2.45) is 0 Å². The molecule has 0 spiro atoms. The molecular formula is C22H22N2O2S. The Hall–Kier alpha value is -2.79. The van der Waals surface area contributed by atoms with Crippen LogP contribution in [0.1, 0.15) is 26.4 Å². The number of aryl methyl sites for hydroxylation is 1. The third kappa shape index (κ3) is 3.55. The lowest BCUT2D eigenvalue weighted by molar-refractivity contribution is 0.102. The number of methoxy groups -OCH3 is 1. The second kappa shape index (κ2) is 7.45. The molecule has 0 bridgehead atoms. The Morgan fingerprint density at radius 2 is 2.04 bits per heavy atom. The first kappa shape index (κ1) is 17.6. The number of hydrogen-bond donors (Lipinski definition) is 1. The van der Waals surface area contributed by atoms with E-state index in [-0.39, 0.29) is 5.91 Å². The number of benzene rings is 2. The molecule has 0 saturated carbocycles. The fourth-order valence-electron chi connectivity index (χ4n) is 3.46. The molecule has 0 saturated heterocycles. The maximum Gasteiger partial charge on any atom is 0.255 e. The number of hydrogen-bond acceptors (Lipinski definition) is 4. The molecule has 1 amide bonds. The lowest BCUT2D eigenvalue weighted by atomic mass is 10.1. The molecule has 0 atom stereocenters. The van der Waals surface area contributed by atoms with Crippen LogP contribution in [0.2, 0.25) is 0 Å². The molecule has 0 unspecified atom stereocenters. The largest absolute Gasteiger partial charge is 0.496 e. The van der Waals surface area contributed by atoms with E-state index < -0.39 is 0 Å². The van der Waals surface area contributed by atoms with E-state index in [0.717, 1.165) is 42.2 Å². The Kier molecular flexibility index (Phi) is 4.86. The summed E-state index contributed by atoms with van der Waals surface area (Å²) in [5.74, 6) is 0.589. The first-order valence-corrected chi connectivity index (χ1v) is 9.89. The van der Waals surface area contributed by atoms with Crippen LogP contribution in [0, 0.1) is 6.92 Å². The van der Waals surface area contributed by atoms with Gasteiger partial charge in [-0.15, -0.1) is 11.3 Å². The van der Waals surface area contributed by atoms with E-state index in [1.807, 2.05) is 48.6 Å². The second-order valence-electron chi connectivity index (χ2n) is 6.70. The summed E-state index contributed by atoms with van der Waals surface area (Å²) in [5, 5.41) is 5.24. The first-order chi connectivity index (χ1) is 13.2. The zero-order chi connectivity index (χ0) is 18.8. The van der Waals surface area contributed by atoms with Gasteiger partial charge >= 0.3 is 0 Å². The molecule has 1 aliphatic heterocycles. The van der Waals surface area contributed by atoms with Gasteiger partial charge in [0.1, 0.15) is 5.75 Å². The van der Waals surface area contributed by atoms with Gasteiger partial charge in [0.15, 0.2) is 0 Å². The van der Waals surface area contributed by atoms with Crippen LogP contribution in [0.25, 0.3) is 0 Å². The molecule has 4 rings (SSSR count). The number of nitrogens with zero attached hydrogens (tertiary/aromatic N) is 1. The van der Waals surface area contributed by atoms with Gasteiger partial charge in [0, 0.05) is 23.5 Å². The van der Waals surface area contributed by atoms with Crippen molar-refractivity contribution in [2.75, 3.05) is 23.9 Å². The third-order valence-electron chi connectivity index (χ3n) is 4.97. The predicted molar refractivity (Wildman–Crippen MR) is 111 cm³/mol. The van der Waals surface area contributed by atoms with Crippen LogP contribution in [0.3, 0.4) is 0 Å². The molecule has 1 N–H and O–H groups in total. The number of thiophene rings is 1. The Bertz CT molecular complexity index is 980. The number of fused-ring (bicyclic) bond motifs is 1. The van der Waals surface area contributed by atoms with Crippen molar-refractivity contribution in [1.82, 2.24) is 0 Å². The van der Waals surface area contributed by atoms with Crippen LogP contribution in [0.4, 0.5) is 11.4 Å². The molecule has 4 nitrogen and oxygen atoms in total. The second-order valence-corrected chi connectivity index (χ2v) is 7.70. The Labute approximate surface area is 163 Å². The number of amides is 1. The van der Waals surface area contributed by atoms with E-state index in [2.05, 4.69) is 27.7 Å². The Morgan fingerprint density at radius 1 is 1.19 bits per heavy atom.